The Bertz CT molecular complexity index is 512. The largest absolute Gasteiger partial charge is 0.482 e. The Hall–Kier alpha value is -1.01. The van der Waals surface area contributed by atoms with E-state index in [1.165, 1.54) is 6.07 Å². The molecule has 116 valence electrons. The summed E-state index contributed by atoms with van der Waals surface area (Å²) >= 11 is 11.7. The summed E-state index contributed by atoms with van der Waals surface area (Å²) in [5.41, 5.74) is 0. The minimum Gasteiger partial charge on any atom is -0.482 e. The third-order valence-electron chi connectivity index (χ3n) is 3.51. The zero-order valence-corrected chi connectivity index (χ0v) is 12.8. The van der Waals surface area contributed by atoms with Gasteiger partial charge < -0.3 is 20.3 Å². The maximum atomic E-state index is 11.8. The Balaban J connectivity index is 1.80. The summed E-state index contributed by atoms with van der Waals surface area (Å²) in [7, 11) is 0. The summed E-state index contributed by atoms with van der Waals surface area (Å²) < 4.78 is 5.33. The van der Waals surface area contributed by atoms with E-state index in [-0.39, 0.29) is 31.1 Å². The lowest BCUT2D eigenvalue weighted by molar-refractivity contribution is -0.123. The van der Waals surface area contributed by atoms with Crippen LogP contribution >= 0.6 is 23.2 Å². The Labute approximate surface area is 132 Å². The van der Waals surface area contributed by atoms with Gasteiger partial charge in [-0.2, -0.15) is 0 Å². The van der Waals surface area contributed by atoms with E-state index >= 15 is 0 Å². The molecule has 1 saturated carbocycles. The van der Waals surface area contributed by atoms with Crippen molar-refractivity contribution < 1.29 is 19.7 Å². The van der Waals surface area contributed by atoms with Gasteiger partial charge in [0.05, 0.1) is 11.1 Å². The predicted octanol–water partition coefficient (Wildman–Crippen LogP) is 1.62. The minimum atomic E-state index is -0.577. The first-order valence-corrected chi connectivity index (χ1v) is 7.41. The second-order valence-corrected chi connectivity index (χ2v) is 5.95. The van der Waals surface area contributed by atoms with E-state index < -0.39 is 6.10 Å². The van der Waals surface area contributed by atoms with E-state index in [4.69, 9.17) is 33.0 Å². The molecule has 0 aromatic heterocycles. The molecule has 0 bridgehead atoms. The molecular formula is C14H17Cl2NO4. The van der Waals surface area contributed by atoms with Gasteiger partial charge in [-0.3, -0.25) is 4.79 Å². The number of aliphatic hydroxyl groups excluding tert-OH is 2. The smallest absolute Gasteiger partial charge is 0.258 e. The topological polar surface area (TPSA) is 78.8 Å². The number of ether oxygens (including phenoxy) is 1. The molecule has 0 radical (unpaired) electrons. The van der Waals surface area contributed by atoms with Gasteiger partial charge in [0.1, 0.15) is 5.75 Å². The number of rotatable bonds is 5. The third-order valence-corrected chi connectivity index (χ3v) is 4.04. The van der Waals surface area contributed by atoms with Gasteiger partial charge in [-0.25, -0.2) is 0 Å². The average Bonchev–Trinajstić information content (AvgIpc) is 2.77. The molecule has 0 heterocycles. The SMILES string of the molecule is O=C(COc1ccc(Cl)cc1Cl)N[C@@H]1C[C@H](CO)[C@H](O)C1. The number of aliphatic hydroxyl groups is 2. The molecule has 1 aromatic carbocycles. The van der Waals surface area contributed by atoms with Crippen LogP contribution in [0, 0.1) is 5.92 Å². The molecule has 0 unspecified atom stereocenters. The number of hydrogen-bond donors (Lipinski definition) is 3. The Morgan fingerprint density at radius 3 is 2.76 bits per heavy atom. The fourth-order valence-corrected chi connectivity index (χ4v) is 2.88. The molecular weight excluding hydrogens is 317 g/mol. The lowest BCUT2D eigenvalue weighted by Crippen LogP contribution is -2.36. The molecule has 0 aliphatic heterocycles. The van der Waals surface area contributed by atoms with Crippen LogP contribution in [0.4, 0.5) is 0 Å². The van der Waals surface area contributed by atoms with Crippen LogP contribution in [0.2, 0.25) is 10.0 Å². The van der Waals surface area contributed by atoms with Gasteiger partial charge in [-0.1, -0.05) is 23.2 Å². The van der Waals surface area contributed by atoms with Crippen molar-refractivity contribution in [2.75, 3.05) is 13.2 Å². The molecule has 0 saturated heterocycles. The highest BCUT2D eigenvalue weighted by molar-refractivity contribution is 6.35. The van der Waals surface area contributed by atoms with Crippen LogP contribution in [-0.4, -0.2) is 41.5 Å². The summed E-state index contributed by atoms with van der Waals surface area (Å²) in [6.45, 7) is -0.248. The van der Waals surface area contributed by atoms with Crippen LogP contribution in [0.25, 0.3) is 0 Å². The summed E-state index contributed by atoms with van der Waals surface area (Å²) in [6, 6.07) is 4.61. The summed E-state index contributed by atoms with van der Waals surface area (Å²) in [4.78, 5) is 11.8. The molecule has 1 aliphatic rings. The molecule has 3 N–H and O–H groups in total. The van der Waals surface area contributed by atoms with Gasteiger partial charge in [0.25, 0.3) is 5.91 Å². The average molecular weight is 334 g/mol. The molecule has 3 atom stereocenters. The lowest BCUT2D eigenvalue weighted by atomic mass is 10.1. The van der Waals surface area contributed by atoms with Gasteiger partial charge in [0.15, 0.2) is 6.61 Å². The van der Waals surface area contributed by atoms with Gasteiger partial charge >= 0.3 is 0 Å². The summed E-state index contributed by atoms with van der Waals surface area (Å²) in [5, 5.41) is 22.3. The highest BCUT2D eigenvalue weighted by Gasteiger charge is 2.33. The zero-order chi connectivity index (χ0) is 15.4. The predicted molar refractivity (Wildman–Crippen MR) is 79.7 cm³/mol. The minimum absolute atomic E-state index is 0.0789. The van der Waals surface area contributed by atoms with E-state index in [0.717, 1.165) is 0 Å². The van der Waals surface area contributed by atoms with Crippen molar-refractivity contribution in [3.05, 3.63) is 28.2 Å². The number of benzene rings is 1. The molecule has 1 aliphatic carbocycles. The van der Waals surface area contributed by atoms with Crippen molar-refractivity contribution in [2.24, 2.45) is 5.92 Å². The fraction of sp³-hybridized carbons (Fsp3) is 0.500. The van der Waals surface area contributed by atoms with Crippen molar-refractivity contribution >= 4 is 29.1 Å². The van der Waals surface area contributed by atoms with Crippen LogP contribution in [0.15, 0.2) is 18.2 Å². The van der Waals surface area contributed by atoms with E-state index in [2.05, 4.69) is 5.32 Å². The van der Waals surface area contributed by atoms with E-state index in [1.807, 2.05) is 0 Å². The normalized spacial score (nSPS) is 24.9. The van der Waals surface area contributed by atoms with Crippen LogP contribution < -0.4 is 10.1 Å². The van der Waals surface area contributed by atoms with Crippen molar-refractivity contribution in [2.45, 2.75) is 25.0 Å². The first-order chi connectivity index (χ1) is 9.99. The quantitative estimate of drug-likeness (QED) is 0.765. The third kappa shape index (κ3) is 4.48. The molecule has 21 heavy (non-hydrogen) atoms. The van der Waals surface area contributed by atoms with Gasteiger partial charge in [0, 0.05) is 23.6 Å². The second-order valence-electron chi connectivity index (χ2n) is 5.11. The van der Waals surface area contributed by atoms with Gasteiger partial charge in [-0.15, -0.1) is 0 Å². The summed E-state index contributed by atoms with van der Waals surface area (Å²) in [6.07, 6.45) is 0.427. The Morgan fingerprint density at radius 2 is 2.14 bits per heavy atom. The number of amides is 1. The first kappa shape index (κ1) is 16.4. The second kappa shape index (κ2) is 7.31. The van der Waals surface area contributed by atoms with Crippen LogP contribution in [0.3, 0.4) is 0 Å². The molecule has 7 heteroatoms. The first-order valence-electron chi connectivity index (χ1n) is 6.65. The maximum Gasteiger partial charge on any atom is 0.258 e. The number of hydrogen-bond acceptors (Lipinski definition) is 4. The van der Waals surface area contributed by atoms with E-state index in [9.17, 15) is 9.90 Å². The molecule has 1 amide bonds. The number of nitrogens with one attached hydrogen (secondary N) is 1. The van der Waals surface area contributed by atoms with Crippen molar-refractivity contribution in [3.63, 3.8) is 0 Å². The van der Waals surface area contributed by atoms with Crippen LogP contribution in [-0.2, 0) is 4.79 Å². The molecule has 1 aromatic rings. The number of carbonyl (C=O) groups is 1. The number of halogens is 2. The van der Waals surface area contributed by atoms with Crippen molar-refractivity contribution in [3.8, 4) is 5.75 Å². The summed E-state index contributed by atoms with van der Waals surface area (Å²) in [5.74, 6) is -0.0883. The Morgan fingerprint density at radius 1 is 1.38 bits per heavy atom. The van der Waals surface area contributed by atoms with Gasteiger partial charge in [0.2, 0.25) is 0 Å². The number of carbonyl (C=O) groups excluding carboxylic acids is 1. The van der Waals surface area contributed by atoms with Gasteiger partial charge in [-0.05, 0) is 31.0 Å². The molecule has 5 nitrogen and oxygen atoms in total. The fourth-order valence-electron chi connectivity index (χ4n) is 2.42. The standard InChI is InChI=1S/C14H17Cl2NO4/c15-9-1-2-13(11(16)4-9)21-7-14(20)17-10-3-8(6-18)12(19)5-10/h1-2,4,8,10,12,18-19H,3,5-7H2,(H,17,20)/t8-,10-,12-/m1/s1. The van der Waals surface area contributed by atoms with Crippen molar-refractivity contribution in [1.29, 1.82) is 0 Å². The highest BCUT2D eigenvalue weighted by atomic mass is 35.5. The maximum absolute atomic E-state index is 11.8. The zero-order valence-electron chi connectivity index (χ0n) is 11.3. The Kier molecular flexibility index (Phi) is 5.70. The monoisotopic (exact) mass is 333 g/mol. The van der Waals surface area contributed by atoms with Crippen LogP contribution in [0.1, 0.15) is 12.8 Å². The highest BCUT2D eigenvalue weighted by Crippen LogP contribution is 2.28. The van der Waals surface area contributed by atoms with Crippen LogP contribution in [0.5, 0.6) is 5.75 Å². The molecule has 1 fully saturated rings. The lowest BCUT2D eigenvalue weighted by Gasteiger charge is -2.13. The molecule has 0 spiro atoms. The van der Waals surface area contributed by atoms with E-state index in [1.54, 1.807) is 12.1 Å². The van der Waals surface area contributed by atoms with E-state index in [0.29, 0.717) is 28.6 Å². The van der Waals surface area contributed by atoms with Crippen molar-refractivity contribution in [1.82, 2.24) is 5.32 Å². The molecule has 2 rings (SSSR count).